The Morgan fingerprint density at radius 2 is 2.42 bits per heavy atom. The van der Waals surface area contributed by atoms with Crippen molar-refractivity contribution in [2.24, 2.45) is 0 Å². The minimum Gasteiger partial charge on any atom is -0.466 e. The summed E-state index contributed by atoms with van der Waals surface area (Å²) in [7, 11) is 0. The van der Waals surface area contributed by atoms with Gasteiger partial charge >= 0.3 is 5.97 Å². The fourth-order valence-electron chi connectivity index (χ4n) is 1.06. The number of hydrogen-bond donors (Lipinski definition) is 0. The van der Waals surface area contributed by atoms with Crippen molar-refractivity contribution in [1.82, 2.24) is 4.90 Å². The molecule has 0 N–H and O–H groups in total. The van der Waals surface area contributed by atoms with Crippen LogP contribution in [0.25, 0.3) is 0 Å². The minimum atomic E-state index is -0.225. The molecule has 0 aromatic carbocycles. The lowest BCUT2D eigenvalue weighted by molar-refractivity contribution is -0.146. The van der Waals surface area contributed by atoms with Gasteiger partial charge in [0.15, 0.2) is 0 Å². The predicted octanol–water partition coefficient (Wildman–Crippen LogP) is 0.172. The molecule has 12 heavy (non-hydrogen) atoms. The summed E-state index contributed by atoms with van der Waals surface area (Å²) < 4.78 is 4.72. The van der Waals surface area contributed by atoms with Gasteiger partial charge in [-0.3, -0.25) is 9.59 Å². The molecule has 1 rings (SSSR count). The monoisotopic (exact) mass is 171 g/mol. The van der Waals surface area contributed by atoms with Crippen molar-refractivity contribution in [3.63, 3.8) is 0 Å². The smallest absolute Gasteiger partial charge is 0.307 e. The van der Waals surface area contributed by atoms with Gasteiger partial charge in [-0.2, -0.15) is 0 Å². The van der Waals surface area contributed by atoms with E-state index in [0.717, 1.165) is 6.54 Å². The zero-order chi connectivity index (χ0) is 8.97. The Bertz CT molecular complexity index is 191. The van der Waals surface area contributed by atoms with Crippen molar-refractivity contribution in [3.05, 3.63) is 0 Å². The second-order valence-corrected chi connectivity index (χ2v) is 2.69. The van der Waals surface area contributed by atoms with E-state index in [9.17, 15) is 9.59 Å². The lowest BCUT2D eigenvalue weighted by Gasteiger charge is -2.30. The highest BCUT2D eigenvalue weighted by Gasteiger charge is 2.23. The van der Waals surface area contributed by atoms with Crippen LogP contribution in [-0.4, -0.2) is 36.5 Å². The maximum atomic E-state index is 10.8. The van der Waals surface area contributed by atoms with E-state index < -0.39 is 0 Å². The average Bonchev–Trinajstić information content (AvgIpc) is 2.03. The van der Waals surface area contributed by atoms with E-state index in [4.69, 9.17) is 4.74 Å². The molecule has 0 aliphatic carbocycles. The summed E-state index contributed by atoms with van der Waals surface area (Å²) in [4.78, 5) is 23.3. The highest BCUT2D eigenvalue weighted by molar-refractivity contribution is 5.82. The lowest BCUT2D eigenvalue weighted by Crippen LogP contribution is -2.44. The van der Waals surface area contributed by atoms with Gasteiger partial charge in [-0.15, -0.1) is 0 Å². The molecular formula is C8H13NO3. The number of likely N-dealkylation sites (tertiary alicyclic amines) is 1. The molecule has 1 saturated heterocycles. The molecule has 0 saturated carbocycles. The Labute approximate surface area is 71.5 Å². The van der Waals surface area contributed by atoms with Crippen LogP contribution in [0.3, 0.4) is 0 Å². The van der Waals surface area contributed by atoms with Crippen molar-refractivity contribution >= 4 is 11.9 Å². The highest BCUT2D eigenvalue weighted by Crippen LogP contribution is 2.08. The third-order valence-electron chi connectivity index (χ3n) is 1.84. The molecule has 1 heterocycles. The number of esters is 1. The summed E-state index contributed by atoms with van der Waals surface area (Å²) in [5.74, 6) is -0.0866. The summed E-state index contributed by atoms with van der Waals surface area (Å²) in [6.07, 6.45) is 0.947. The molecule has 4 heteroatoms. The van der Waals surface area contributed by atoms with Gasteiger partial charge in [-0.25, -0.2) is 0 Å². The quantitative estimate of drug-likeness (QED) is 0.447. The second-order valence-electron chi connectivity index (χ2n) is 2.69. The first-order valence-corrected chi connectivity index (χ1v) is 4.17. The maximum Gasteiger partial charge on any atom is 0.307 e. The van der Waals surface area contributed by atoms with Gasteiger partial charge in [-0.05, 0) is 6.92 Å². The first-order valence-electron chi connectivity index (χ1n) is 4.17. The molecule has 0 atom stereocenters. The van der Waals surface area contributed by atoms with Crippen molar-refractivity contribution in [2.75, 3.05) is 19.7 Å². The summed E-state index contributed by atoms with van der Waals surface area (Å²) in [6.45, 7) is 3.48. The standard InChI is InChI=1S/C8H13NO3/c1-2-12-8(11)4-6-9-5-3-7(9)10/h2-6H2,1H3. The molecule has 4 nitrogen and oxygen atoms in total. The van der Waals surface area contributed by atoms with E-state index in [1.165, 1.54) is 0 Å². The van der Waals surface area contributed by atoms with Crippen molar-refractivity contribution in [3.8, 4) is 0 Å². The molecule has 0 aromatic rings. The van der Waals surface area contributed by atoms with Crippen LogP contribution in [-0.2, 0) is 14.3 Å². The number of carbonyl (C=O) groups is 2. The summed E-state index contributed by atoms with van der Waals surface area (Å²) in [6, 6.07) is 0. The number of nitrogens with zero attached hydrogens (tertiary/aromatic N) is 1. The van der Waals surface area contributed by atoms with Crippen LogP contribution >= 0.6 is 0 Å². The van der Waals surface area contributed by atoms with Crippen LogP contribution < -0.4 is 0 Å². The SMILES string of the molecule is CCOC(=O)CCN1CCC1=O. The van der Waals surface area contributed by atoms with Crippen LogP contribution in [0.5, 0.6) is 0 Å². The molecule has 1 fully saturated rings. The fourth-order valence-corrected chi connectivity index (χ4v) is 1.06. The summed E-state index contributed by atoms with van der Waals surface area (Å²) in [5.41, 5.74) is 0. The van der Waals surface area contributed by atoms with Crippen LogP contribution in [0.1, 0.15) is 19.8 Å². The predicted molar refractivity (Wildman–Crippen MR) is 42.4 cm³/mol. The molecule has 0 unspecified atom stereocenters. The Morgan fingerprint density at radius 3 is 2.83 bits per heavy atom. The van der Waals surface area contributed by atoms with Gasteiger partial charge < -0.3 is 9.64 Å². The van der Waals surface area contributed by atoms with Gasteiger partial charge in [0.05, 0.1) is 13.0 Å². The molecular weight excluding hydrogens is 158 g/mol. The van der Waals surface area contributed by atoms with E-state index in [-0.39, 0.29) is 11.9 Å². The Hall–Kier alpha value is -1.06. The average molecular weight is 171 g/mol. The number of β-lactam (4-membered cyclic amide) rings is 1. The van der Waals surface area contributed by atoms with E-state index >= 15 is 0 Å². The largest absolute Gasteiger partial charge is 0.466 e. The highest BCUT2D eigenvalue weighted by atomic mass is 16.5. The molecule has 68 valence electrons. The molecule has 0 aromatic heterocycles. The molecule has 1 aliphatic rings. The van der Waals surface area contributed by atoms with Gasteiger partial charge in [0, 0.05) is 19.5 Å². The molecule has 0 radical (unpaired) electrons. The Kier molecular flexibility index (Phi) is 3.08. The molecule has 0 spiro atoms. The summed E-state index contributed by atoms with van der Waals surface area (Å²) >= 11 is 0. The molecule has 1 amide bonds. The van der Waals surface area contributed by atoms with Crippen LogP contribution in [0.15, 0.2) is 0 Å². The third kappa shape index (κ3) is 2.22. The van der Waals surface area contributed by atoms with Gasteiger partial charge in [0.1, 0.15) is 0 Å². The lowest BCUT2D eigenvalue weighted by atomic mass is 10.2. The van der Waals surface area contributed by atoms with Crippen LogP contribution in [0.4, 0.5) is 0 Å². The minimum absolute atomic E-state index is 0.138. The number of amides is 1. The molecule has 0 bridgehead atoms. The van der Waals surface area contributed by atoms with Crippen molar-refractivity contribution in [1.29, 1.82) is 0 Å². The second kappa shape index (κ2) is 4.09. The van der Waals surface area contributed by atoms with Gasteiger partial charge in [0.25, 0.3) is 0 Å². The summed E-state index contributed by atoms with van der Waals surface area (Å²) in [5, 5.41) is 0. The number of hydrogen-bond acceptors (Lipinski definition) is 3. The topological polar surface area (TPSA) is 46.6 Å². The Balaban J connectivity index is 2.08. The third-order valence-corrected chi connectivity index (χ3v) is 1.84. The van der Waals surface area contributed by atoms with Crippen molar-refractivity contribution in [2.45, 2.75) is 19.8 Å². The van der Waals surface area contributed by atoms with E-state index in [1.54, 1.807) is 11.8 Å². The zero-order valence-corrected chi connectivity index (χ0v) is 7.21. The molecule has 1 aliphatic heterocycles. The van der Waals surface area contributed by atoms with E-state index in [1.807, 2.05) is 0 Å². The zero-order valence-electron chi connectivity index (χ0n) is 7.21. The number of ether oxygens (including phenoxy) is 1. The van der Waals surface area contributed by atoms with Gasteiger partial charge in [0.2, 0.25) is 5.91 Å². The van der Waals surface area contributed by atoms with Crippen LogP contribution in [0.2, 0.25) is 0 Å². The van der Waals surface area contributed by atoms with E-state index in [0.29, 0.717) is 26.0 Å². The van der Waals surface area contributed by atoms with Gasteiger partial charge in [-0.1, -0.05) is 0 Å². The first-order chi connectivity index (χ1) is 5.74. The number of carbonyl (C=O) groups excluding carboxylic acids is 2. The normalized spacial score (nSPS) is 15.8. The van der Waals surface area contributed by atoms with Crippen molar-refractivity contribution < 1.29 is 14.3 Å². The number of rotatable bonds is 4. The maximum absolute atomic E-state index is 10.8. The Morgan fingerprint density at radius 1 is 1.67 bits per heavy atom. The van der Waals surface area contributed by atoms with Crippen LogP contribution in [0, 0.1) is 0 Å². The first kappa shape index (κ1) is 9.03. The van der Waals surface area contributed by atoms with E-state index in [2.05, 4.69) is 0 Å². The fraction of sp³-hybridized carbons (Fsp3) is 0.750.